The molecule has 0 amide bonds. The lowest BCUT2D eigenvalue weighted by Gasteiger charge is -2.19. The zero-order valence-electron chi connectivity index (χ0n) is 10.9. The van der Waals surface area contributed by atoms with Crippen molar-refractivity contribution in [1.29, 1.82) is 0 Å². The van der Waals surface area contributed by atoms with E-state index >= 15 is 0 Å². The second kappa shape index (κ2) is 9.67. The summed E-state index contributed by atoms with van der Waals surface area (Å²) in [6.45, 7) is 5.91. The van der Waals surface area contributed by atoms with Crippen LogP contribution >= 0.6 is 15.9 Å². The lowest BCUT2D eigenvalue weighted by Crippen LogP contribution is -2.26. The van der Waals surface area contributed by atoms with Crippen molar-refractivity contribution in [3.63, 3.8) is 0 Å². The second-order valence-electron chi connectivity index (χ2n) is 4.42. The number of aryl methyl sites for hydroxylation is 1. The molecule has 0 aliphatic carbocycles. The predicted octanol–water partition coefficient (Wildman–Crippen LogP) is 4.12. The highest BCUT2D eigenvalue weighted by Gasteiger charge is 2.01. The summed E-state index contributed by atoms with van der Waals surface area (Å²) in [6.07, 6.45) is 5.09. The summed E-state index contributed by atoms with van der Waals surface area (Å²) in [5.74, 6) is 0. The van der Waals surface area contributed by atoms with Crippen LogP contribution in [0.3, 0.4) is 0 Å². The van der Waals surface area contributed by atoms with Crippen LogP contribution in [-0.2, 0) is 6.42 Å². The first kappa shape index (κ1) is 14.7. The molecule has 0 fully saturated rings. The Morgan fingerprint density at radius 1 is 1.00 bits per heavy atom. The Hall–Kier alpha value is -0.340. The van der Waals surface area contributed by atoms with Crippen molar-refractivity contribution in [3.8, 4) is 0 Å². The van der Waals surface area contributed by atoms with E-state index in [9.17, 15) is 0 Å². The third-order valence-electron chi connectivity index (χ3n) is 3.09. The molecule has 2 heteroatoms. The molecule has 1 nitrogen and oxygen atoms in total. The first-order chi connectivity index (χ1) is 8.36. The average molecular weight is 298 g/mol. The Balaban J connectivity index is 2.10. The summed E-state index contributed by atoms with van der Waals surface area (Å²) in [5.41, 5.74) is 1.47. The minimum atomic E-state index is 1.12. The maximum absolute atomic E-state index is 3.49. The number of unbranched alkanes of at least 4 members (excludes halogenated alkanes) is 1. The molecule has 1 aromatic carbocycles. The van der Waals surface area contributed by atoms with Gasteiger partial charge >= 0.3 is 0 Å². The molecule has 1 aromatic rings. The van der Waals surface area contributed by atoms with Crippen molar-refractivity contribution in [3.05, 3.63) is 35.9 Å². The molecule has 0 aliphatic rings. The van der Waals surface area contributed by atoms with E-state index in [1.165, 1.54) is 50.9 Å². The van der Waals surface area contributed by atoms with E-state index in [1.807, 2.05) is 0 Å². The van der Waals surface area contributed by atoms with Gasteiger partial charge in [0.2, 0.25) is 0 Å². The maximum atomic E-state index is 3.49. The number of rotatable bonds is 9. The van der Waals surface area contributed by atoms with Gasteiger partial charge in [-0.05, 0) is 50.9 Å². The van der Waals surface area contributed by atoms with Crippen LogP contribution in [0.5, 0.6) is 0 Å². The molecule has 0 aliphatic heterocycles. The zero-order chi connectivity index (χ0) is 12.3. The summed E-state index contributed by atoms with van der Waals surface area (Å²) in [5, 5.41) is 1.12. The molecule has 0 atom stereocenters. The quantitative estimate of drug-likeness (QED) is 0.490. The molecular formula is C15H24BrN. The molecule has 0 N–H and O–H groups in total. The van der Waals surface area contributed by atoms with E-state index in [-0.39, 0.29) is 0 Å². The van der Waals surface area contributed by atoms with Crippen LogP contribution in [0.25, 0.3) is 0 Å². The molecule has 96 valence electrons. The minimum Gasteiger partial charge on any atom is -0.304 e. The molecular weight excluding hydrogens is 274 g/mol. The molecule has 0 spiro atoms. The van der Waals surface area contributed by atoms with Crippen molar-refractivity contribution in [2.75, 3.05) is 25.0 Å². The molecule has 0 saturated carbocycles. The van der Waals surface area contributed by atoms with Gasteiger partial charge in [0.15, 0.2) is 0 Å². The van der Waals surface area contributed by atoms with E-state index in [4.69, 9.17) is 0 Å². The van der Waals surface area contributed by atoms with Gasteiger partial charge in [-0.25, -0.2) is 0 Å². The van der Waals surface area contributed by atoms with Crippen LogP contribution in [0.2, 0.25) is 0 Å². The highest BCUT2D eigenvalue weighted by molar-refractivity contribution is 9.09. The minimum absolute atomic E-state index is 1.12. The average Bonchev–Trinajstić information content (AvgIpc) is 2.39. The van der Waals surface area contributed by atoms with E-state index < -0.39 is 0 Å². The van der Waals surface area contributed by atoms with Crippen molar-refractivity contribution in [1.82, 2.24) is 4.90 Å². The normalized spacial score (nSPS) is 11.0. The van der Waals surface area contributed by atoms with E-state index in [2.05, 4.69) is 58.1 Å². The number of hydrogen-bond acceptors (Lipinski definition) is 1. The highest BCUT2D eigenvalue weighted by atomic mass is 79.9. The number of halogens is 1. The Morgan fingerprint density at radius 2 is 1.71 bits per heavy atom. The fourth-order valence-corrected chi connectivity index (χ4v) is 2.27. The van der Waals surface area contributed by atoms with Gasteiger partial charge in [0.25, 0.3) is 0 Å². The predicted molar refractivity (Wildman–Crippen MR) is 79.9 cm³/mol. The fourth-order valence-electron chi connectivity index (χ4n) is 2.02. The van der Waals surface area contributed by atoms with Crippen molar-refractivity contribution in [2.45, 2.75) is 32.6 Å². The molecule has 0 bridgehead atoms. The van der Waals surface area contributed by atoms with Crippen LogP contribution in [0.1, 0.15) is 31.7 Å². The summed E-state index contributed by atoms with van der Waals surface area (Å²) < 4.78 is 0. The fraction of sp³-hybridized carbons (Fsp3) is 0.600. The number of hydrogen-bond donors (Lipinski definition) is 0. The van der Waals surface area contributed by atoms with Crippen LogP contribution in [-0.4, -0.2) is 29.9 Å². The monoisotopic (exact) mass is 297 g/mol. The van der Waals surface area contributed by atoms with Crippen molar-refractivity contribution >= 4 is 15.9 Å². The van der Waals surface area contributed by atoms with Crippen molar-refractivity contribution in [2.24, 2.45) is 0 Å². The van der Waals surface area contributed by atoms with Gasteiger partial charge in [0.05, 0.1) is 0 Å². The topological polar surface area (TPSA) is 3.24 Å². The zero-order valence-corrected chi connectivity index (χ0v) is 12.5. The molecule has 0 heterocycles. The number of nitrogens with zero attached hydrogens (tertiary/aromatic N) is 1. The Labute approximate surface area is 114 Å². The molecule has 0 aromatic heterocycles. The lowest BCUT2D eigenvalue weighted by molar-refractivity contribution is 0.283. The van der Waals surface area contributed by atoms with Gasteiger partial charge in [0, 0.05) is 5.33 Å². The molecule has 0 unspecified atom stereocenters. The third kappa shape index (κ3) is 6.85. The SMILES string of the molecule is CCN(CCCBr)CCCCc1ccccc1. The van der Waals surface area contributed by atoms with Gasteiger partial charge in [-0.3, -0.25) is 0 Å². The second-order valence-corrected chi connectivity index (χ2v) is 5.21. The van der Waals surface area contributed by atoms with E-state index in [1.54, 1.807) is 0 Å². The number of benzene rings is 1. The standard InChI is InChI=1S/C15H24BrN/c1-2-17(14-8-12-16)13-7-6-11-15-9-4-3-5-10-15/h3-5,9-10H,2,6-8,11-14H2,1H3. The molecule has 1 rings (SSSR count). The largest absolute Gasteiger partial charge is 0.304 e. The van der Waals surface area contributed by atoms with Gasteiger partial charge in [-0.2, -0.15) is 0 Å². The highest BCUT2D eigenvalue weighted by Crippen LogP contribution is 2.05. The smallest absolute Gasteiger partial charge is 0.00434 e. The first-order valence-corrected chi connectivity index (χ1v) is 7.81. The third-order valence-corrected chi connectivity index (χ3v) is 3.65. The van der Waals surface area contributed by atoms with Crippen LogP contribution in [0.4, 0.5) is 0 Å². The summed E-state index contributed by atoms with van der Waals surface area (Å²) in [6, 6.07) is 10.8. The van der Waals surface area contributed by atoms with Crippen LogP contribution in [0.15, 0.2) is 30.3 Å². The maximum Gasteiger partial charge on any atom is 0.00434 e. The van der Waals surface area contributed by atoms with Gasteiger partial charge < -0.3 is 4.90 Å². The summed E-state index contributed by atoms with van der Waals surface area (Å²) in [7, 11) is 0. The first-order valence-electron chi connectivity index (χ1n) is 6.69. The van der Waals surface area contributed by atoms with E-state index in [0.717, 1.165) is 5.33 Å². The van der Waals surface area contributed by atoms with Crippen LogP contribution < -0.4 is 0 Å². The molecule has 0 saturated heterocycles. The van der Waals surface area contributed by atoms with Crippen LogP contribution in [0, 0.1) is 0 Å². The Kier molecular flexibility index (Phi) is 8.37. The summed E-state index contributed by atoms with van der Waals surface area (Å²) >= 11 is 3.49. The Morgan fingerprint density at radius 3 is 2.35 bits per heavy atom. The molecule has 0 radical (unpaired) electrons. The van der Waals surface area contributed by atoms with Gasteiger partial charge in [-0.1, -0.05) is 53.2 Å². The van der Waals surface area contributed by atoms with Gasteiger partial charge in [-0.15, -0.1) is 0 Å². The molecule has 17 heavy (non-hydrogen) atoms. The number of alkyl halides is 1. The Bertz CT molecular complexity index is 274. The lowest BCUT2D eigenvalue weighted by atomic mass is 10.1. The van der Waals surface area contributed by atoms with Crippen molar-refractivity contribution < 1.29 is 0 Å². The summed E-state index contributed by atoms with van der Waals surface area (Å²) in [4.78, 5) is 2.55. The van der Waals surface area contributed by atoms with E-state index in [0.29, 0.717) is 0 Å². The van der Waals surface area contributed by atoms with Gasteiger partial charge in [0.1, 0.15) is 0 Å².